The first kappa shape index (κ1) is 17.7. The van der Waals surface area contributed by atoms with Gasteiger partial charge in [0, 0.05) is 38.6 Å². The van der Waals surface area contributed by atoms with Crippen LogP contribution in [-0.4, -0.2) is 43.2 Å². The topological polar surface area (TPSA) is 37.4 Å². The Bertz CT molecular complexity index is 858. The van der Waals surface area contributed by atoms with Gasteiger partial charge in [-0.05, 0) is 46.5 Å². The van der Waals surface area contributed by atoms with Crippen LogP contribution in [0.2, 0.25) is 0 Å². The lowest BCUT2D eigenvalue weighted by molar-refractivity contribution is 0.198. The SMILES string of the molecule is COc1cccc(-c2ccc(C(c3ccncc3)N3CCNCC3)cc2)c1. The van der Waals surface area contributed by atoms with Crippen LogP contribution >= 0.6 is 0 Å². The molecule has 0 saturated carbocycles. The second-order valence-electron chi connectivity index (χ2n) is 6.82. The largest absolute Gasteiger partial charge is 0.497 e. The molecule has 2 aromatic carbocycles. The molecule has 1 N–H and O–H groups in total. The average Bonchev–Trinajstić information content (AvgIpc) is 2.76. The molecule has 0 amide bonds. The molecule has 1 aliphatic heterocycles. The monoisotopic (exact) mass is 359 g/mol. The van der Waals surface area contributed by atoms with Crippen molar-refractivity contribution in [2.45, 2.75) is 6.04 Å². The minimum Gasteiger partial charge on any atom is -0.497 e. The van der Waals surface area contributed by atoms with Gasteiger partial charge in [-0.15, -0.1) is 0 Å². The normalized spacial score (nSPS) is 16.0. The average molecular weight is 359 g/mol. The summed E-state index contributed by atoms with van der Waals surface area (Å²) in [5.74, 6) is 0.882. The predicted octanol–water partition coefficient (Wildman–Crippen LogP) is 3.75. The van der Waals surface area contributed by atoms with Gasteiger partial charge in [0.25, 0.3) is 0 Å². The Balaban J connectivity index is 1.66. The maximum atomic E-state index is 5.36. The number of nitrogens with zero attached hydrogens (tertiary/aromatic N) is 2. The number of rotatable bonds is 5. The zero-order chi connectivity index (χ0) is 18.5. The lowest BCUT2D eigenvalue weighted by atomic mass is 9.95. The second kappa shape index (κ2) is 8.33. The van der Waals surface area contributed by atoms with Gasteiger partial charge in [-0.2, -0.15) is 0 Å². The number of aromatic nitrogens is 1. The standard InChI is InChI=1S/C23H25N3O/c1-27-22-4-2-3-21(17-22)18-5-7-19(8-6-18)23(20-9-11-24-12-10-20)26-15-13-25-14-16-26/h2-12,17,23,25H,13-16H2,1H3. The lowest BCUT2D eigenvalue weighted by Crippen LogP contribution is -2.45. The third kappa shape index (κ3) is 4.02. The van der Waals surface area contributed by atoms with Crippen LogP contribution in [0.1, 0.15) is 17.2 Å². The lowest BCUT2D eigenvalue weighted by Gasteiger charge is -2.35. The maximum Gasteiger partial charge on any atom is 0.119 e. The molecule has 1 saturated heterocycles. The Morgan fingerprint density at radius 1 is 0.889 bits per heavy atom. The van der Waals surface area contributed by atoms with Crippen LogP contribution in [0, 0.1) is 0 Å². The third-order valence-corrected chi connectivity index (χ3v) is 5.17. The maximum absolute atomic E-state index is 5.36. The van der Waals surface area contributed by atoms with Gasteiger partial charge >= 0.3 is 0 Å². The minimum atomic E-state index is 0.259. The van der Waals surface area contributed by atoms with Gasteiger partial charge in [-0.1, -0.05) is 36.4 Å². The van der Waals surface area contributed by atoms with Crippen molar-refractivity contribution in [3.63, 3.8) is 0 Å². The third-order valence-electron chi connectivity index (χ3n) is 5.17. The van der Waals surface area contributed by atoms with Gasteiger partial charge in [-0.3, -0.25) is 9.88 Å². The van der Waals surface area contributed by atoms with Gasteiger partial charge in [-0.25, -0.2) is 0 Å². The van der Waals surface area contributed by atoms with Crippen molar-refractivity contribution in [3.05, 3.63) is 84.2 Å². The molecule has 1 fully saturated rings. The number of nitrogens with one attached hydrogen (secondary N) is 1. The molecule has 0 bridgehead atoms. The van der Waals surface area contributed by atoms with Gasteiger partial charge < -0.3 is 10.1 Å². The summed E-state index contributed by atoms with van der Waals surface area (Å²) in [4.78, 5) is 6.74. The Kier molecular flexibility index (Phi) is 5.47. The van der Waals surface area contributed by atoms with Crippen LogP contribution in [0.15, 0.2) is 73.1 Å². The molecule has 0 aliphatic carbocycles. The fourth-order valence-electron chi connectivity index (χ4n) is 3.76. The number of piperazine rings is 1. The summed E-state index contributed by atoms with van der Waals surface area (Å²) in [5.41, 5.74) is 4.98. The van der Waals surface area contributed by atoms with Crippen LogP contribution in [0.5, 0.6) is 5.75 Å². The molecule has 138 valence electrons. The zero-order valence-electron chi connectivity index (χ0n) is 15.6. The first-order valence-electron chi connectivity index (χ1n) is 9.44. The molecule has 2 heterocycles. The molecule has 1 aromatic heterocycles. The van der Waals surface area contributed by atoms with E-state index in [-0.39, 0.29) is 6.04 Å². The number of hydrogen-bond acceptors (Lipinski definition) is 4. The van der Waals surface area contributed by atoms with Crippen molar-refractivity contribution in [1.82, 2.24) is 15.2 Å². The van der Waals surface area contributed by atoms with E-state index in [1.807, 2.05) is 24.5 Å². The summed E-state index contributed by atoms with van der Waals surface area (Å²) in [5, 5.41) is 3.45. The van der Waals surface area contributed by atoms with Crippen molar-refractivity contribution in [1.29, 1.82) is 0 Å². The highest BCUT2D eigenvalue weighted by atomic mass is 16.5. The quantitative estimate of drug-likeness (QED) is 0.753. The van der Waals surface area contributed by atoms with E-state index in [1.54, 1.807) is 7.11 Å². The molecule has 3 aromatic rings. The van der Waals surface area contributed by atoms with E-state index in [9.17, 15) is 0 Å². The van der Waals surface area contributed by atoms with Crippen LogP contribution in [0.25, 0.3) is 11.1 Å². The van der Waals surface area contributed by atoms with E-state index in [1.165, 1.54) is 22.3 Å². The first-order valence-corrected chi connectivity index (χ1v) is 9.44. The summed E-state index contributed by atoms with van der Waals surface area (Å²) in [6.07, 6.45) is 3.77. The van der Waals surface area contributed by atoms with E-state index in [0.29, 0.717) is 0 Å². The molecule has 0 radical (unpaired) electrons. The highest BCUT2D eigenvalue weighted by Crippen LogP contribution is 2.31. The van der Waals surface area contributed by atoms with Crippen LogP contribution in [-0.2, 0) is 0 Å². The van der Waals surface area contributed by atoms with Gasteiger partial charge in [0.15, 0.2) is 0 Å². The fourth-order valence-corrected chi connectivity index (χ4v) is 3.76. The number of ether oxygens (including phenoxy) is 1. The Morgan fingerprint density at radius 3 is 2.30 bits per heavy atom. The Morgan fingerprint density at radius 2 is 1.59 bits per heavy atom. The fraction of sp³-hybridized carbons (Fsp3) is 0.261. The molecule has 4 nitrogen and oxygen atoms in total. The van der Waals surface area contributed by atoms with Crippen molar-refractivity contribution >= 4 is 0 Å². The smallest absolute Gasteiger partial charge is 0.119 e. The molecule has 27 heavy (non-hydrogen) atoms. The molecular weight excluding hydrogens is 334 g/mol. The highest BCUT2D eigenvalue weighted by Gasteiger charge is 2.23. The predicted molar refractivity (Wildman–Crippen MR) is 109 cm³/mol. The Hall–Kier alpha value is -2.69. The van der Waals surface area contributed by atoms with E-state index in [4.69, 9.17) is 4.74 Å². The molecule has 0 spiro atoms. The van der Waals surface area contributed by atoms with Gasteiger partial charge in [0.1, 0.15) is 5.75 Å². The van der Waals surface area contributed by atoms with Crippen molar-refractivity contribution in [2.75, 3.05) is 33.3 Å². The summed E-state index contributed by atoms with van der Waals surface area (Å²) < 4.78 is 5.36. The van der Waals surface area contributed by atoms with Crippen molar-refractivity contribution in [2.24, 2.45) is 0 Å². The van der Waals surface area contributed by atoms with E-state index >= 15 is 0 Å². The molecule has 1 atom stereocenters. The molecule has 4 heteroatoms. The van der Waals surface area contributed by atoms with Crippen LogP contribution in [0.3, 0.4) is 0 Å². The molecule has 1 unspecified atom stereocenters. The number of methoxy groups -OCH3 is 1. The van der Waals surface area contributed by atoms with Crippen LogP contribution < -0.4 is 10.1 Å². The first-order chi connectivity index (χ1) is 13.3. The Labute approximate surface area is 160 Å². The van der Waals surface area contributed by atoms with Gasteiger partial charge in [0.2, 0.25) is 0 Å². The summed E-state index contributed by atoms with van der Waals surface area (Å²) in [6.45, 7) is 4.15. The van der Waals surface area contributed by atoms with Crippen molar-refractivity contribution < 1.29 is 4.74 Å². The molecular formula is C23H25N3O. The molecule has 1 aliphatic rings. The number of pyridine rings is 1. The van der Waals surface area contributed by atoms with Crippen LogP contribution in [0.4, 0.5) is 0 Å². The highest BCUT2D eigenvalue weighted by molar-refractivity contribution is 5.65. The second-order valence-corrected chi connectivity index (χ2v) is 6.82. The van der Waals surface area contributed by atoms with E-state index in [0.717, 1.165) is 31.9 Å². The van der Waals surface area contributed by atoms with Crippen molar-refractivity contribution in [3.8, 4) is 16.9 Å². The minimum absolute atomic E-state index is 0.259. The summed E-state index contributed by atoms with van der Waals surface area (Å²) in [6, 6.07) is 21.6. The summed E-state index contributed by atoms with van der Waals surface area (Å²) >= 11 is 0. The number of hydrogen-bond donors (Lipinski definition) is 1. The molecule has 4 rings (SSSR count). The zero-order valence-corrected chi connectivity index (χ0v) is 15.6. The summed E-state index contributed by atoms with van der Waals surface area (Å²) in [7, 11) is 1.70. The van der Waals surface area contributed by atoms with E-state index < -0.39 is 0 Å². The number of benzene rings is 2. The van der Waals surface area contributed by atoms with E-state index in [2.05, 4.69) is 63.7 Å². The van der Waals surface area contributed by atoms with Gasteiger partial charge in [0.05, 0.1) is 13.2 Å².